The number of rotatable bonds is 3. The Morgan fingerprint density at radius 1 is 1.41 bits per heavy atom. The molecule has 1 aromatic rings. The first-order valence-corrected chi connectivity index (χ1v) is 7.32. The molecule has 3 heteroatoms. The Morgan fingerprint density at radius 3 is 2.88 bits per heavy atom. The number of aryl methyl sites for hydroxylation is 2. The van der Waals surface area contributed by atoms with Crippen LogP contribution in [0.1, 0.15) is 24.5 Å². The summed E-state index contributed by atoms with van der Waals surface area (Å²) < 4.78 is 0. The van der Waals surface area contributed by atoms with Gasteiger partial charge in [0.2, 0.25) is 0 Å². The van der Waals surface area contributed by atoms with E-state index in [1.807, 2.05) is 11.8 Å². The highest BCUT2D eigenvalue weighted by Gasteiger charge is 2.24. The van der Waals surface area contributed by atoms with Gasteiger partial charge in [-0.2, -0.15) is 0 Å². The lowest BCUT2D eigenvalue weighted by molar-refractivity contribution is 0.649. The van der Waals surface area contributed by atoms with E-state index in [-0.39, 0.29) is 0 Å². The van der Waals surface area contributed by atoms with Crippen LogP contribution >= 0.6 is 11.8 Å². The summed E-state index contributed by atoms with van der Waals surface area (Å²) in [6.45, 7) is 8.56. The molecule has 1 aliphatic rings. The van der Waals surface area contributed by atoms with Gasteiger partial charge in [0.25, 0.3) is 0 Å². The number of hydrogen-bond donors (Lipinski definition) is 1. The van der Waals surface area contributed by atoms with Crippen LogP contribution in [0.3, 0.4) is 0 Å². The van der Waals surface area contributed by atoms with Crippen molar-refractivity contribution in [2.45, 2.75) is 38.1 Å². The highest BCUT2D eigenvalue weighted by Crippen LogP contribution is 2.40. The summed E-state index contributed by atoms with van der Waals surface area (Å²) in [6, 6.07) is 5.21. The monoisotopic (exact) mass is 250 g/mol. The molecule has 0 amide bonds. The number of fused-ring (bicyclic) bond motifs is 1. The average molecular weight is 250 g/mol. The Balaban J connectivity index is 2.36. The maximum atomic E-state index is 5.64. The normalized spacial score (nSPS) is 19.3. The van der Waals surface area contributed by atoms with Crippen molar-refractivity contribution >= 4 is 17.4 Å². The van der Waals surface area contributed by atoms with Crippen LogP contribution in [-0.4, -0.2) is 24.9 Å². The second-order valence-corrected chi connectivity index (χ2v) is 5.99. The van der Waals surface area contributed by atoms with Crippen molar-refractivity contribution in [3.63, 3.8) is 0 Å². The summed E-state index contributed by atoms with van der Waals surface area (Å²) in [5, 5.41) is 0. The van der Waals surface area contributed by atoms with Crippen LogP contribution in [-0.2, 0) is 0 Å². The molecule has 0 radical (unpaired) electrons. The highest BCUT2D eigenvalue weighted by molar-refractivity contribution is 7.99. The first kappa shape index (κ1) is 12.8. The predicted octanol–water partition coefficient (Wildman–Crippen LogP) is 2.95. The Bertz CT molecular complexity index is 403. The molecule has 0 aliphatic carbocycles. The van der Waals surface area contributed by atoms with Gasteiger partial charge in [0.15, 0.2) is 0 Å². The summed E-state index contributed by atoms with van der Waals surface area (Å²) >= 11 is 1.99. The van der Waals surface area contributed by atoms with Gasteiger partial charge >= 0.3 is 0 Å². The van der Waals surface area contributed by atoms with E-state index in [9.17, 15) is 0 Å². The molecular weight excluding hydrogens is 228 g/mol. The van der Waals surface area contributed by atoms with Crippen molar-refractivity contribution in [3.05, 3.63) is 23.3 Å². The maximum absolute atomic E-state index is 5.64. The maximum Gasteiger partial charge on any atom is 0.0536 e. The predicted molar refractivity (Wildman–Crippen MR) is 77.1 cm³/mol. The number of nitrogens with zero attached hydrogens (tertiary/aromatic N) is 1. The molecule has 1 aliphatic heterocycles. The molecule has 0 saturated heterocycles. The van der Waals surface area contributed by atoms with Crippen molar-refractivity contribution in [2.24, 2.45) is 5.73 Å². The molecule has 94 valence electrons. The average Bonchev–Trinajstić information content (AvgIpc) is 2.28. The van der Waals surface area contributed by atoms with Gasteiger partial charge in [-0.15, -0.1) is 11.8 Å². The molecule has 2 nitrogen and oxygen atoms in total. The number of hydrogen-bond acceptors (Lipinski definition) is 3. The zero-order valence-corrected chi connectivity index (χ0v) is 11.8. The third-order valence-corrected chi connectivity index (χ3v) is 4.58. The van der Waals surface area contributed by atoms with Crippen LogP contribution in [0, 0.1) is 13.8 Å². The minimum atomic E-state index is 0.612. The molecule has 2 rings (SSSR count). The minimum Gasteiger partial charge on any atom is -0.367 e. The second kappa shape index (κ2) is 5.32. The Labute approximate surface area is 109 Å². The first-order valence-electron chi connectivity index (χ1n) is 6.34. The largest absolute Gasteiger partial charge is 0.367 e. The van der Waals surface area contributed by atoms with Crippen LogP contribution in [0.5, 0.6) is 0 Å². The molecule has 1 atom stereocenters. The van der Waals surface area contributed by atoms with Gasteiger partial charge in [0.1, 0.15) is 0 Å². The van der Waals surface area contributed by atoms with E-state index in [2.05, 4.69) is 37.8 Å². The summed E-state index contributed by atoms with van der Waals surface area (Å²) in [4.78, 5) is 3.98. The van der Waals surface area contributed by atoms with Gasteiger partial charge in [-0.3, -0.25) is 0 Å². The van der Waals surface area contributed by atoms with Gasteiger partial charge in [0.05, 0.1) is 5.69 Å². The third kappa shape index (κ3) is 2.61. The lowest BCUT2D eigenvalue weighted by atomic mass is 10.1. The number of anilines is 1. The van der Waals surface area contributed by atoms with Gasteiger partial charge in [0, 0.05) is 23.2 Å². The molecule has 1 unspecified atom stereocenters. The fourth-order valence-corrected chi connectivity index (χ4v) is 3.80. The second-order valence-electron chi connectivity index (χ2n) is 4.92. The van der Waals surface area contributed by atoms with E-state index < -0.39 is 0 Å². The highest BCUT2D eigenvalue weighted by atomic mass is 32.2. The van der Waals surface area contributed by atoms with Crippen molar-refractivity contribution in [1.29, 1.82) is 0 Å². The van der Waals surface area contributed by atoms with Crippen molar-refractivity contribution in [1.82, 2.24) is 0 Å². The summed E-state index contributed by atoms with van der Waals surface area (Å²) in [7, 11) is 0. The summed E-state index contributed by atoms with van der Waals surface area (Å²) in [6.07, 6.45) is 1.07. The molecule has 1 heterocycles. The Kier molecular flexibility index (Phi) is 4.00. The van der Waals surface area contributed by atoms with Crippen LogP contribution < -0.4 is 10.6 Å². The number of benzene rings is 1. The van der Waals surface area contributed by atoms with Gasteiger partial charge in [-0.1, -0.05) is 6.07 Å². The number of nitrogens with two attached hydrogens (primary N) is 1. The molecule has 1 aromatic carbocycles. The van der Waals surface area contributed by atoms with Crippen molar-refractivity contribution in [2.75, 3.05) is 23.7 Å². The van der Waals surface area contributed by atoms with E-state index in [4.69, 9.17) is 5.73 Å². The fourth-order valence-electron chi connectivity index (χ4n) is 2.51. The van der Waals surface area contributed by atoms with Gasteiger partial charge in [-0.25, -0.2) is 0 Å². The van der Waals surface area contributed by atoms with E-state index in [1.54, 1.807) is 0 Å². The van der Waals surface area contributed by atoms with Crippen LogP contribution in [0.15, 0.2) is 17.0 Å². The van der Waals surface area contributed by atoms with Crippen molar-refractivity contribution < 1.29 is 0 Å². The lowest BCUT2D eigenvalue weighted by Crippen LogP contribution is -2.39. The van der Waals surface area contributed by atoms with E-state index in [0.29, 0.717) is 6.04 Å². The Morgan fingerprint density at radius 2 is 2.18 bits per heavy atom. The smallest absolute Gasteiger partial charge is 0.0536 e. The molecule has 0 spiro atoms. The number of thioether (sulfide) groups is 1. The van der Waals surface area contributed by atoms with Crippen LogP contribution in [0.25, 0.3) is 0 Å². The molecule has 0 bridgehead atoms. The topological polar surface area (TPSA) is 29.3 Å². The molecular formula is C14H22N2S. The summed E-state index contributed by atoms with van der Waals surface area (Å²) in [5.74, 6) is 1.18. The van der Waals surface area contributed by atoms with Crippen LogP contribution in [0.4, 0.5) is 5.69 Å². The van der Waals surface area contributed by atoms with Crippen molar-refractivity contribution in [3.8, 4) is 0 Å². The molecule has 2 N–H and O–H groups in total. The molecule has 0 fully saturated rings. The zero-order valence-electron chi connectivity index (χ0n) is 11.0. The van der Waals surface area contributed by atoms with E-state index in [0.717, 1.165) is 19.5 Å². The standard InChI is InChI=1S/C14H22N2S/c1-10-7-11(2)14-13(8-10)17-9-12(3)16(14)6-4-5-15/h7-8,12H,4-6,9,15H2,1-3H3. The zero-order chi connectivity index (χ0) is 12.4. The summed E-state index contributed by atoms with van der Waals surface area (Å²) in [5.41, 5.74) is 9.84. The quantitative estimate of drug-likeness (QED) is 0.894. The lowest BCUT2D eigenvalue weighted by Gasteiger charge is -2.38. The van der Waals surface area contributed by atoms with E-state index >= 15 is 0 Å². The van der Waals surface area contributed by atoms with Gasteiger partial charge in [-0.05, 0) is 50.9 Å². The minimum absolute atomic E-state index is 0.612. The first-order chi connectivity index (χ1) is 8.13. The SMILES string of the molecule is Cc1cc(C)c2c(c1)SCC(C)N2CCCN. The van der Waals surface area contributed by atoms with Crippen LogP contribution in [0.2, 0.25) is 0 Å². The van der Waals surface area contributed by atoms with Gasteiger partial charge < -0.3 is 10.6 Å². The Hall–Kier alpha value is -0.670. The fraction of sp³-hybridized carbons (Fsp3) is 0.571. The van der Waals surface area contributed by atoms with E-state index in [1.165, 1.54) is 27.5 Å². The molecule has 17 heavy (non-hydrogen) atoms. The molecule has 0 aromatic heterocycles. The third-order valence-electron chi connectivity index (χ3n) is 3.31. The molecule has 0 saturated carbocycles.